The Kier molecular flexibility index (Phi) is 8.20. The fraction of sp³-hybridized carbons (Fsp3) is 0.409. The predicted molar refractivity (Wildman–Crippen MR) is 105 cm³/mol. The maximum atomic E-state index is 12.5. The van der Waals surface area contributed by atoms with E-state index in [2.05, 4.69) is 54.4 Å². The first-order valence-electron chi connectivity index (χ1n) is 9.37. The third-order valence-corrected chi connectivity index (χ3v) is 4.62. The third-order valence-electron chi connectivity index (χ3n) is 4.62. The maximum absolute atomic E-state index is 12.5. The van der Waals surface area contributed by atoms with Crippen molar-refractivity contribution in [3.05, 3.63) is 71.3 Å². The molecular weight excluding hydrogens is 308 g/mol. The van der Waals surface area contributed by atoms with Crippen molar-refractivity contribution in [3.63, 3.8) is 0 Å². The van der Waals surface area contributed by atoms with E-state index in [1.54, 1.807) is 0 Å². The summed E-state index contributed by atoms with van der Waals surface area (Å²) in [5.74, 6) is 0.0446. The molecule has 0 aliphatic rings. The normalized spacial score (nSPS) is 10.8. The van der Waals surface area contributed by atoms with Gasteiger partial charge in [0.1, 0.15) is 0 Å². The summed E-state index contributed by atoms with van der Waals surface area (Å²) in [4.78, 5) is 14.9. The molecule has 25 heavy (non-hydrogen) atoms. The van der Waals surface area contributed by atoms with Crippen LogP contribution in [-0.4, -0.2) is 37.0 Å². The van der Waals surface area contributed by atoms with E-state index in [1.165, 1.54) is 5.56 Å². The van der Waals surface area contributed by atoms with Crippen LogP contribution >= 0.6 is 0 Å². The molecule has 2 aromatic rings. The maximum Gasteiger partial charge on any atom is 0.251 e. The quantitative estimate of drug-likeness (QED) is 0.666. The number of rotatable bonds is 10. The number of hydrogen-bond donors (Lipinski definition) is 1. The summed E-state index contributed by atoms with van der Waals surface area (Å²) < 4.78 is 0. The summed E-state index contributed by atoms with van der Waals surface area (Å²) in [6, 6.07) is 18.4. The molecule has 0 atom stereocenters. The van der Waals surface area contributed by atoms with Crippen LogP contribution < -0.4 is 5.32 Å². The van der Waals surface area contributed by atoms with E-state index < -0.39 is 0 Å². The van der Waals surface area contributed by atoms with E-state index in [-0.39, 0.29) is 5.91 Å². The van der Waals surface area contributed by atoms with Crippen molar-refractivity contribution < 1.29 is 4.79 Å². The van der Waals surface area contributed by atoms with Gasteiger partial charge >= 0.3 is 0 Å². The van der Waals surface area contributed by atoms with Gasteiger partial charge in [0.25, 0.3) is 5.91 Å². The summed E-state index contributed by atoms with van der Waals surface area (Å²) in [7, 11) is 0. The second-order valence-electron chi connectivity index (χ2n) is 6.28. The van der Waals surface area contributed by atoms with Crippen LogP contribution in [0.2, 0.25) is 0 Å². The van der Waals surface area contributed by atoms with Crippen molar-refractivity contribution in [2.75, 3.05) is 26.2 Å². The third kappa shape index (κ3) is 6.35. The van der Waals surface area contributed by atoms with Gasteiger partial charge in [0.15, 0.2) is 0 Å². The van der Waals surface area contributed by atoms with Gasteiger partial charge in [-0.2, -0.15) is 0 Å². The Bertz CT molecular complexity index is 635. The van der Waals surface area contributed by atoms with Crippen LogP contribution in [0.15, 0.2) is 54.6 Å². The highest BCUT2D eigenvalue weighted by atomic mass is 16.1. The largest absolute Gasteiger partial charge is 0.352 e. The summed E-state index contributed by atoms with van der Waals surface area (Å²) in [6.07, 6.45) is 2.82. The lowest BCUT2D eigenvalue weighted by molar-refractivity contribution is 0.0951. The van der Waals surface area contributed by atoms with E-state index in [9.17, 15) is 4.79 Å². The molecule has 3 nitrogen and oxygen atoms in total. The van der Waals surface area contributed by atoms with E-state index in [4.69, 9.17) is 0 Å². The highest BCUT2D eigenvalue weighted by Crippen LogP contribution is 2.13. The van der Waals surface area contributed by atoms with Gasteiger partial charge in [0, 0.05) is 12.1 Å². The number of carbonyl (C=O) groups excluding carboxylic acids is 1. The summed E-state index contributed by atoms with van der Waals surface area (Å²) in [5.41, 5.74) is 3.23. The average molecular weight is 338 g/mol. The monoisotopic (exact) mass is 338 g/mol. The molecule has 0 heterocycles. The molecule has 0 saturated carbocycles. The molecule has 0 saturated heterocycles. The number of hydrogen-bond acceptors (Lipinski definition) is 2. The van der Waals surface area contributed by atoms with Gasteiger partial charge < -0.3 is 10.2 Å². The molecule has 3 heteroatoms. The zero-order valence-electron chi connectivity index (χ0n) is 15.5. The average Bonchev–Trinajstić information content (AvgIpc) is 2.67. The van der Waals surface area contributed by atoms with Crippen LogP contribution in [0.25, 0.3) is 0 Å². The van der Waals surface area contributed by atoms with Crippen LogP contribution in [0, 0.1) is 0 Å². The lowest BCUT2D eigenvalue weighted by Crippen LogP contribution is -2.30. The zero-order chi connectivity index (χ0) is 17.9. The molecule has 0 aliphatic carbocycles. The predicted octanol–water partition coefficient (Wildman–Crippen LogP) is 3.93. The molecule has 1 amide bonds. The number of amides is 1. The second kappa shape index (κ2) is 10.7. The molecule has 134 valence electrons. The van der Waals surface area contributed by atoms with Crippen molar-refractivity contribution in [1.29, 1.82) is 0 Å². The fourth-order valence-corrected chi connectivity index (χ4v) is 3.02. The lowest BCUT2D eigenvalue weighted by atomic mass is 9.99. The molecule has 0 unspecified atom stereocenters. The number of nitrogens with one attached hydrogen (secondary N) is 1. The van der Waals surface area contributed by atoms with Gasteiger partial charge in [-0.1, -0.05) is 62.4 Å². The first-order chi connectivity index (χ1) is 12.2. The fourth-order valence-electron chi connectivity index (χ4n) is 3.02. The van der Waals surface area contributed by atoms with Gasteiger partial charge in [-0.3, -0.25) is 4.79 Å². The molecule has 0 aliphatic heterocycles. The topological polar surface area (TPSA) is 32.3 Å². The van der Waals surface area contributed by atoms with Crippen molar-refractivity contribution in [2.24, 2.45) is 0 Å². The Morgan fingerprint density at radius 1 is 0.920 bits per heavy atom. The minimum Gasteiger partial charge on any atom is -0.352 e. The number of carbonyl (C=O) groups is 1. The second-order valence-corrected chi connectivity index (χ2v) is 6.28. The van der Waals surface area contributed by atoms with E-state index in [1.807, 2.05) is 24.3 Å². The zero-order valence-corrected chi connectivity index (χ0v) is 15.5. The van der Waals surface area contributed by atoms with Crippen LogP contribution in [-0.2, 0) is 12.8 Å². The molecule has 0 bridgehead atoms. The molecule has 0 aromatic heterocycles. The van der Waals surface area contributed by atoms with Crippen LogP contribution in [0.5, 0.6) is 0 Å². The van der Waals surface area contributed by atoms with E-state index in [0.717, 1.165) is 56.6 Å². The highest BCUT2D eigenvalue weighted by Gasteiger charge is 2.10. The summed E-state index contributed by atoms with van der Waals surface area (Å²) in [5, 5.41) is 3.08. The number of nitrogens with zero attached hydrogens (tertiary/aromatic N) is 1. The van der Waals surface area contributed by atoms with Crippen LogP contribution in [0.1, 0.15) is 41.8 Å². The summed E-state index contributed by atoms with van der Waals surface area (Å²) in [6.45, 7) is 8.22. The van der Waals surface area contributed by atoms with Gasteiger partial charge in [-0.05, 0) is 56.1 Å². The Labute approximate surface area is 152 Å². The Balaban J connectivity index is 1.87. The van der Waals surface area contributed by atoms with Crippen LogP contribution in [0.3, 0.4) is 0 Å². The molecule has 1 N–H and O–H groups in total. The van der Waals surface area contributed by atoms with Crippen molar-refractivity contribution in [2.45, 2.75) is 33.1 Å². The minimum absolute atomic E-state index is 0.0446. The first kappa shape index (κ1) is 19.2. The Morgan fingerprint density at radius 3 is 2.32 bits per heavy atom. The van der Waals surface area contributed by atoms with E-state index >= 15 is 0 Å². The van der Waals surface area contributed by atoms with Gasteiger partial charge in [0.05, 0.1) is 0 Å². The van der Waals surface area contributed by atoms with Gasteiger partial charge in [-0.25, -0.2) is 0 Å². The van der Waals surface area contributed by atoms with Gasteiger partial charge in [-0.15, -0.1) is 0 Å². The molecule has 0 spiro atoms. The first-order valence-corrected chi connectivity index (χ1v) is 9.37. The van der Waals surface area contributed by atoms with Crippen molar-refractivity contribution in [3.8, 4) is 0 Å². The SMILES string of the molecule is CCN(CC)CCCNC(=O)c1ccccc1CCc1ccccc1. The van der Waals surface area contributed by atoms with Crippen molar-refractivity contribution in [1.82, 2.24) is 10.2 Å². The smallest absolute Gasteiger partial charge is 0.251 e. The Hall–Kier alpha value is -2.13. The van der Waals surface area contributed by atoms with Gasteiger partial charge in [0.2, 0.25) is 0 Å². The minimum atomic E-state index is 0.0446. The van der Waals surface area contributed by atoms with Crippen molar-refractivity contribution >= 4 is 5.91 Å². The lowest BCUT2D eigenvalue weighted by Gasteiger charge is -2.18. The molecule has 2 aromatic carbocycles. The standard InChI is InChI=1S/C22H30N2O/c1-3-24(4-2)18-10-17-23-22(25)21-14-9-8-13-20(21)16-15-19-11-6-5-7-12-19/h5-9,11-14H,3-4,10,15-18H2,1-2H3,(H,23,25). The summed E-state index contributed by atoms with van der Waals surface area (Å²) >= 11 is 0. The molecule has 2 rings (SSSR count). The number of benzene rings is 2. The van der Waals surface area contributed by atoms with E-state index in [0.29, 0.717) is 0 Å². The molecule has 0 fully saturated rings. The number of aryl methyl sites for hydroxylation is 2. The highest BCUT2D eigenvalue weighted by molar-refractivity contribution is 5.95. The van der Waals surface area contributed by atoms with Crippen LogP contribution in [0.4, 0.5) is 0 Å². The molecular formula is C22H30N2O. The molecule has 0 radical (unpaired) electrons. The Morgan fingerprint density at radius 2 is 1.60 bits per heavy atom.